The molecular formula is C9H13N7O. The van der Waals surface area contributed by atoms with Crippen molar-refractivity contribution in [3.8, 4) is 0 Å². The van der Waals surface area contributed by atoms with Crippen molar-refractivity contribution in [3.63, 3.8) is 0 Å². The number of hydrogen-bond acceptors (Lipinski definition) is 5. The number of primary amides is 1. The van der Waals surface area contributed by atoms with Crippen LogP contribution in [0.5, 0.6) is 0 Å². The van der Waals surface area contributed by atoms with Gasteiger partial charge in [0.05, 0.1) is 18.4 Å². The van der Waals surface area contributed by atoms with Crippen LogP contribution in [0.15, 0.2) is 18.6 Å². The molecule has 8 heteroatoms. The Balaban J connectivity index is 1.91. The van der Waals surface area contributed by atoms with E-state index in [0.29, 0.717) is 6.54 Å². The third-order valence-electron chi connectivity index (χ3n) is 2.07. The molecule has 0 saturated carbocycles. The zero-order valence-corrected chi connectivity index (χ0v) is 9.37. The minimum Gasteiger partial charge on any atom is -0.377 e. The Morgan fingerprint density at radius 1 is 1.53 bits per heavy atom. The molecule has 0 aliphatic heterocycles. The number of aryl methyl sites for hydroxylation is 1. The monoisotopic (exact) mass is 235 g/mol. The van der Waals surface area contributed by atoms with Crippen LogP contribution < -0.4 is 11.1 Å². The van der Waals surface area contributed by atoms with Crippen LogP contribution in [0.3, 0.4) is 0 Å². The fourth-order valence-corrected chi connectivity index (χ4v) is 1.37. The van der Waals surface area contributed by atoms with E-state index in [9.17, 15) is 4.79 Å². The summed E-state index contributed by atoms with van der Waals surface area (Å²) in [6, 6.07) is 0. The molecule has 2 aromatic heterocycles. The zero-order valence-electron chi connectivity index (χ0n) is 9.37. The highest BCUT2D eigenvalue weighted by molar-refractivity contribution is 5.73. The largest absolute Gasteiger partial charge is 0.377 e. The van der Waals surface area contributed by atoms with Gasteiger partial charge < -0.3 is 11.1 Å². The summed E-state index contributed by atoms with van der Waals surface area (Å²) in [6.07, 6.45) is 5.15. The van der Waals surface area contributed by atoms with Gasteiger partial charge >= 0.3 is 0 Å². The average molecular weight is 235 g/mol. The molecule has 2 rings (SSSR count). The maximum absolute atomic E-state index is 10.7. The molecule has 0 aromatic carbocycles. The molecule has 8 nitrogen and oxygen atoms in total. The number of carbonyl (C=O) groups excluding carboxylic acids is 1. The lowest BCUT2D eigenvalue weighted by atomic mass is 10.4. The average Bonchev–Trinajstić information content (AvgIpc) is 2.84. The van der Waals surface area contributed by atoms with Crippen molar-refractivity contribution in [1.29, 1.82) is 0 Å². The highest BCUT2D eigenvalue weighted by atomic mass is 16.1. The molecule has 0 radical (unpaired) electrons. The standard InChI is InChI=1S/C9H13N7O/c1-15-4-8(13-14-15)2-11-7-3-12-16(5-7)6-9(10)17/h3-5,11H,2,6H2,1H3,(H2,10,17). The molecular weight excluding hydrogens is 222 g/mol. The number of carbonyl (C=O) groups is 1. The van der Waals surface area contributed by atoms with E-state index >= 15 is 0 Å². The first-order chi connectivity index (χ1) is 8.13. The van der Waals surface area contributed by atoms with Crippen LogP contribution in [-0.4, -0.2) is 30.7 Å². The molecule has 1 amide bonds. The van der Waals surface area contributed by atoms with Gasteiger partial charge in [-0.15, -0.1) is 5.10 Å². The third-order valence-corrected chi connectivity index (χ3v) is 2.07. The van der Waals surface area contributed by atoms with Gasteiger partial charge in [-0.2, -0.15) is 5.10 Å². The number of nitrogens with zero attached hydrogens (tertiary/aromatic N) is 5. The molecule has 0 aliphatic carbocycles. The lowest BCUT2D eigenvalue weighted by Crippen LogP contribution is -2.18. The van der Waals surface area contributed by atoms with Crippen molar-refractivity contribution in [1.82, 2.24) is 24.8 Å². The molecule has 3 N–H and O–H groups in total. The van der Waals surface area contributed by atoms with E-state index in [1.165, 1.54) is 4.68 Å². The predicted octanol–water partition coefficient (Wildman–Crippen LogP) is -0.891. The minimum atomic E-state index is -0.423. The van der Waals surface area contributed by atoms with Gasteiger partial charge in [-0.3, -0.25) is 14.2 Å². The van der Waals surface area contributed by atoms with E-state index in [2.05, 4.69) is 20.7 Å². The van der Waals surface area contributed by atoms with Gasteiger partial charge in [-0.1, -0.05) is 5.21 Å². The van der Waals surface area contributed by atoms with E-state index in [0.717, 1.165) is 11.4 Å². The zero-order chi connectivity index (χ0) is 12.3. The van der Waals surface area contributed by atoms with Crippen molar-refractivity contribution in [3.05, 3.63) is 24.3 Å². The molecule has 2 aromatic rings. The van der Waals surface area contributed by atoms with Crippen molar-refractivity contribution in [2.24, 2.45) is 12.8 Å². The molecule has 0 bridgehead atoms. The number of nitrogens with one attached hydrogen (secondary N) is 1. The van der Waals surface area contributed by atoms with Crippen molar-refractivity contribution in [2.45, 2.75) is 13.1 Å². The molecule has 2 heterocycles. The Labute approximate surface area is 97.4 Å². The highest BCUT2D eigenvalue weighted by Gasteiger charge is 2.02. The molecule has 0 aliphatic rings. The predicted molar refractivity (Wildman–Crippen MR) is 59.8 cm³/mol. The van der Waals surface area contributed by atoms with Crippen molar-refractivity contribution in [2.75, 3.05) is 5.32 Å². The van der Waals surface area contributed by atoms with Gasteiger partial charge in [0.15, 0.2) is 0 Å². The molecule has 90 valence electrons. The Bertz CT molecular complexity index is 515. The van der Waals surface area contributed by atoms with Crippen LogP contribution in [0, 0.1) is 0 Å². The van der Waals surface area contributed by atoms with E-state index in [4.69, 9.17) is 5.73 Å². The van der Waals surface area contributed by atoms with Gasteiger partial charge in [0.2, 0.25) is 5.91 Å². The number of anilines is 1. The van der Waals surface area contributed by atoms with Gasteiger partial charge in [0.1, 0.15) is 12.2 Å². The van der Waals surface area contributed by atoms with Crippen molar-refractivity contribution < 1.29 is 4.79 Å². The fraction of sp³-hybridized carbons (Fsp3) is 0.333. The Hall–Kier alpha value is -2.38. The first-order valence-electron chi connectivity index (χ1n) is 5.03. The number of aromatic nitrogens is 5. The normalized spacial score (nSPS) is 10.4. The second-order valence-corrected chi connectivity index (χ2v) is 3.63. The summed E-state index contributed by atoms with van der Waals surface area (Å²) < 4.78 is 3.11. The summed E-state index contributed by atoms with van der Waals surface area (Å²) in [5.41, 5.74) is 6.69. The summed E-state index contributed by atoms with van der Waals surface area (Å²) in [5, 5.41) is 14.9. The molecule has 0 fully saturated rings. The summed E-state index contributed by atoms with van der Waals surface area (Å²) in [6.45, 7) is 0.628. The number of rotatable bonds is 5. The minimum absolute atomic E-state index is 0.0762. The maximum atomic E-state index is 10.7. The van der Waals surface area contributed by atoms with Crippen LogP contribution in [0.4, 0.5) is 5.69 Å². The Morgan fingerprint density at radius 3 is 3.00 bits per heavy atom. The summed E-state index contributed by atoms with van der Waals surface area (Å²) in [7, 11) is 1.81. The lowest BCUT2D eigenvalue weighted by Gasteiger charge is -1.98. The molecule has 0 spiro atoms. The third kappa shape index (κ3) is 3.03. The topological polar surface area (TPSA) is 104 Å². The molecule has 0 atom stereocenters. The van der Waals surface area contributed by atoms with Crippen LogP contribution in [0.1, 0.15) is 5.69 Å². The summed E-state index contributed by atoms with van der Waals surface area (Å²) >= 11 is 0. The smallest absolute Gasteiger partial charge is 0.239 e. The van der Waals surface area contributed by atoms with E-state index < -0.39 is 5.91 Å². The van der Waals surface area contributed by atoms with Gasteiger partial charge in [-0.25, -0.2) is 0 Å². The lowest BCUT2D eigenvalue weighted by molar-refractivity contribution is -0.118. The van der Waals surface area contributed by atoms with Crippen LogP contribution in [-0.2, 0) is 24.9 Å². The van der Waals surface area contributed by atoms with Gasteiger partial charge in [-0.05, 0) is 0 Å². The molecule has 0 saturated heterocycles. The quantitative estimate of drug-likeness (QED) is 0.699. The SMILES string of the molecule is Cn1cc(CNc2cnn(CC(N)=O)c2)nn1. The second kappa shape index (κ2) is 4.64. The van der Waals surface area contributed by atoms with Crippen LogP contribution in [0.2, 0.25) is 0 Å². The Morgan fingerprint density at radius 2 is 2.35 bits per heavy atom. The van der Waals surface area contributed by atoms with E-state index in [1.807, 2.05) is 6.20 Å². The Kier molecular flexibility index (Phi) is 3.03. The van der Waals surface area contributed by atoms with Gasteiger partial charge in [0, 0.05) is 19.4 Å². The van der Waals surface area contributed by atoms with Crippen LogP contribution >= 0.6 is 0 Å². The fourth-order valence-electron chi connectivity index (χ4n) is 1.37. The van der Waals surface area contributed by atoms with E-state index in [1.54, 1.807) is 24.1 Å². The number of nitrogens with two attached hydrogens (primary N) is 1. The second-order valence-electron chi connectivity index (χ2n) is 3.63. The van der Waals surface area contributed by atoms with E-state index in [-0.39, 0.29) is 6.54 Å². The number of amides is 1. The first-order valence-corrected chi connectivity index (χ1v) is 5.03. The van der Waals surface area contributed by atoms with Crippen LogP contribution in [0.25, 0.3) is 0 Å². The summed E-state index contributed by atoms with van der Waals surface area (Å²) in [5.74, 6) is -0.423. The molecule has 0 unspecified atom stereocenters. The first kappa shape index (κ1) is 11.1. The maximum Gasteiger partial charge on any atom is 0.239 e. The molecule has 17 heavy (non-hydrogen) atoms. The van der Waals surface area contributed by atoms with Crippen molar-refractivity contribution >= 4 is 11.6 Å². The highest BCUT2D eigenvalue weighted by Crippen LogP contribution is 2.06. The summed E-state index contributed by atoms with van der Waals surface area (Å²) in [4.78, 5) is 10.7. The number of hydrogen-bond donors (Lipinski definition) is 2. The van der Waals surface area contributed by atoms with Gasteiger partial charge in [0.25, 0.3) is 0 Å².